The molecule has 3 rings (SSSR count). The van der Waals surface area contributed by atoms with Gasteiger partial charge in [0.15, 0.2) is 3.95 Å². The Morgan fingerprint density at radius 1 is 1.24 bits per heavy atom. The molecule has 0 radical (unpaired) electrons. The van der Waals surface area contributed by atoms with Gasteiger partial charge in [-0.3, -0.25) is 14.6 Å². The number of benzene rings is 1. The Morgan fingerprint density at radius 2 is 1.93 bits per heavy atom. The summed E-state index contributed by atoms with van der Waals surface area (Å²) in [6.45, 7) is 8.52. The van der Waals surface area contributed by atoms with E-state index >= 15 is 0 Å². The lowest BCUT2D eigenvalue weighted by Crippen LogP contribution is -2.50. The van der Waals surface area contributed by atoms with E-state index in [4.69, 9.17) is 17.0 Å². The van der Waals surface area contributed by atoms with Crippen LogP contribution in [0.2, 0.25) is 0 Å². The van der Waals surface area contributed by atoms with E-state index in [1.165, 1.54) is 11.3 Å². The maximum atomic E-state index is 11.9. The first kappa shape index (κ1) is 21.7. The van der Waals surface area contributed by atoms with Gasteiger partial charge in [-0.05, 0) is 38.2 Å². The first-order valence-electron chi connectivity index (χ1n) is 9.66. The first-order chi connectivity index (χ1) is 13.9. The summed E-state index contributed by atoms with van der Waals surface area (Å²) in [4.78, 5) is 16.4. The number of para-hydroxylation sites is 2. The van der Waals surface area contributed by atoms with Gasteiger partial charge in [0.1, 0.15) is 5.75 Å². The van der Waals surface area contributed by atoms with Crippen LogP contribution in [0.1, 0.15) is 13.8 Å². The Balaban J connectivity index is 1.53. The van der Waals surface area contributed by atoms with E-state index in [1.54, 1.807) is 7.11 Å². The van der Waals surface area contributed by atoms with Gasteiger partial charge in [0.25, 0.3) is 0 Å². The quantitative estimate of drug-likeness (QED) is 0.616. The van der Waals surface area contributed by atoms with Gasteiger partial charge in [-0.2, -0.15) is 0 Å². The number of hydrogen-bond donors (Lipinski definition) is 2. The summed E-state index contributed by atoms with van der Waals surface area (Å²) in [5, 5.41) is 11.6. The average molecular weight is 437 g/mol. The summed E-state index contributed by atoms with van der Waals surface area (Å²) in [6.07, 6.45) is 0. The largest absolute Gasteiger partial charge is 0.495 e. The number of piperazine rings is 1. The third kappa shape index (κ3) is 6.23. The fraction of sp³-hybridized carbons (Fsp3) is 0.526. The number of aromatic nitrogens is 2. The Kier molecular flexibility index (Phi) is 7.59. The Morgan fingerprint density at radius 3 is 2.62 bits per heavy atom. The van der Waals surface area contributed by atoms with Crippen LogP contribution < -0.4 is 15.4 Å². The lowest BCUT2D eigenvalue weighted by atomic mass is 10.3. The number of nitrogens with one attached hydrogen (secondary N) is 2. The molecule has 1 fully saturated rings. The second kappa shape index (κ2) is 10.1. The average Bonchev–Trinajstić information content (AvgIpc) is 3.02. The highest BCUT2D eigenvalue weighted by Crippen LogP contribution is 2.28. The summed E-state index contributed by atoms with van der Waals surface area (Å²) in [5.74, 6) is 0.847. The molecule has 2 heterocycles. The molecule has 158 valence electrons. The van der Waals surface area contributed by atoms with Crippen molar-refractivity contribution in [1.29, 1.82) is 0 Å². The molecule has 1 aliphatic rings. The smallest absolute Gasteiger partial charge is 0.234 e. The standard InChI is InChI=1S/C19H28N6O2S2/c1-14(2)20-17(26)12-23-8-10-24(11-9-23)13-25-19(28)29-18(22-25)21-15-6-4-5-7-16(15)27-3/h4-7,14H,8-13H2,1-3H3,(H,20,26)(H,21,22). The van der Waals surface area contributed by atoms with Gasteiger partial charge in [0, 0.05) is 32.2 Å². The highest BCUT2D eigenvalue weighted by molar-refractivity contribution is 7.73. The van der Waals surface area contributed by atoms with E-state index < -0.39 is 0 Å². The second-order valence-corrected chi connectivity index (χ2v) is 8.88. The highest BCUT2D eigenvalue weighted by atomic mass is 32.1. The predicted molar refractivity (Wildman–Crippen MR) is 119 cm³/mol. The lowest BCUT2D eigenvalue weighted by Gasteiger charge is -2.34. The van der Waals surface area contributed by atoms with Crippen molar-refractivity contribution in [3.8, 4) is 5.75 Å². The van der Waals surface area contributed by atoms with Crippen LogP contribution in [0, 0.1) is 3.95 Å². The molecule has 29 heavy (non-hydrogen) atoms. The van der Waals surface area contributed by atoms with E-state index in [1.807, 2.05) is 42.8 Å². The number of hydrogen-bond acceptors (Lipinski definition) is 8. The highest BCUT2D eigenvalue weighted by Gasteiger charge is 2.20. The van der Waals surface area contributed by atoms with Crippen molar-refractivity contribution in [2.75, 3.05) is 45.2 Å². The SMILES string of the molecule is COc1ccccc1Nc1nn(CN2CCN(CC(=O)NC(C)C)CC2)c(=S)s1. The van der Waals surface area contributed by atoms with Crippen LogP contribution in [0.5, 0.6) is 5.75 Å². The minimum Gasteiger partial charge on any atom is -0.495 e. The minimum atomic E-state index is 0.0854. The summed E-state index contributed by atoms with van der Waals surface area (Å²) in [7, 11) is 1.65. The van der Waals surface area contributed by atoms with E-state index in [0.717, 1.165) is 46.7 Å². The summed E-state index contributed by atoms with van der Waals surface area (Å²) in [6, 6.07) is 7.90. The topological polar surface area (TPSA) is 74.7 Å². The summed E-state index contributed by atoms with van der Waals surface area (Å²) < 4.78 is 7.94. The number of nitrogens with zero attached hydrogens (tertiary/aromatic N) is 4. The minimum absolute atomic E-state index is 0.0854. The van der Waals surface area contributed by atoms with E-state index in [2.05, 4.69) is 25.5 Å². The van der Waals surface area contributed by atoms with Crippen molar-refractivity contribution in [1.82, 2.24) is 24.9 Å². The van der Waals surface area contributed by atoms with Crippen LogP contribution in [0.4, 0.5) is 10.8 Å². The molecule has 2 aromatic rings. The predicted octanol–water partition coefficient (Wildman–Crippen LogP) is 2.53. The maximum Gasteiger partial charge on any atom is 0.234 e. The Hall–Kier alpha value is -2.01. The molecular formula is C19H28N6O2S2. The van der Waals surface area contributed by atoms with E-state index in [0.29, 0.717) is 13.2 Å². The van der Waals surface area contributed by atoms with Crippen molar-refractivity contribution in [3.63, 3.8) is 0 Å². The third-order valence-electron chi connectivity index (χ3n) is 4.57. The van der Waals surface area contributed by atoms with Crippen molar-refractivity contribution in [2.24, 2.45) is 0 Å². The normalized spacial score (nSPS) is 15.4. The molecule has 0 bridgehead atoms. The van der Waals surface area contributed by atoms with Crippen LogP contribution in [0.25, 0.3) is 0 Å². The van der Waals surface area contributed by atoms with Crippen molar-refractivity contribution in [2.45, 2.75) is 26.6 Å². The third-order valence-corrected chi connectivity index (χ3v) is 5.79. The fourth-order valence-electron chi connectivity index (χ4n) is 3.16. The molecule has 8 nitrogen and oxygen atoms in total. The monoisotopic (exact) mass is 436 g/mol. The van der Waals surface area contributed by atoms with Crippen LogP contribution in [-0.4, -0.2) is 71.4 Å². The van der Waals surface area contributed by atoms with Gasteiger partial charge in [0.05, 0.1) is 26.0 Å². The zero-order valence-electron chi connectivity index (χ0n) is 17.1. The van der Waals surface area contributed by atoms with Crippen molar-refractivity contribution < 1.29 is 9.53 Å². The van der Waals surface area contributed by atoms with Gasteiger partial charge in [-0.15, -0.1) is 5.10 Å². The van der Waals surface area contributed by atoms with Gasteiger partial charge < -0.3 is 15.4 Å². The van der Waals surface area contributed by atoms with Gasteiger partial charge in [-0.25, -0.2) is 4.68 Å². The fourth-order valence-corrected chi connectivity index (χ4v) is 4.16. The van der Waals surface area contributed by atoms with Crippen LogP contribution in [0.15, 0.2) is 24.3 Å². The number of carbonyl (C=O) groups excluding carboxylic acids is 1. The molecule has 1 saturated heterocycles. The molecule has 1 aromatic heterocycles. The molecule has 1 aromatic carbocycles. The van der Waals surface area contributed by atoms with Crippen molar-refractivity contribution in [3.05, 3.63) is 28.2 Å². The number of amides is 1. The molecule has 0 saturated carbocycles. The summed E-state index contributed by atoms with van der Waals surface area (Å²) >= 11 is 6.94. The Bertz CT molecular complexity index is 874. The van der Waals surface area contributed by atoms with Crippen molar-refractivity contribution >= 4 is 40.3 Å². The Labute approximate surface area is 180 Å². The molecule has 0 unspecified atom stereocenters. The molecule has 10 heteroatoms. The number of methoxy groups -OCH3 is 1. The molecule has 0 spiro atoms. The van der Waals surface area contributed by atoms with Gasteiger partial charge in [-0.1, -0.05) is 23.5 Å². The van der Waals surface area contributed by atoms with E-state index in [9.17, 15) is 4.79 Å². The van der Waals surface area contributed by atoms with Gasteiger partial charge in [0.2, 0.25) is 11.0 Å². The number of anilines is 2. The molecule has 0 atom stereocenters. The molecule has 1 aliphatic heterocycles. The van der Waals surface area contributed by atoms with Crippen LogP contribution in [-0.2, 0) is 11.5 Å². The second-order valence-electron chi connectivity index (χ2n) is 7.26. The summed E-state index contributed by atoms with van der Waals surface area (Å²) in [5.41, 5.74) is 0.860. The zero-order chi connectivity index (χ0) is 20.8. The van der Waals surface area contributed by atoms with Crippen LogP contribution in [0.3, 0.4) is 0 Å². The van der Waals surface area contributed by atoms with Crippen LogP contribution >= 0.6 is 23.6 Å². The molecular weight excluding hydrogens is 408 g/mol. The van der Waals surface area contributed by atoms with E-state index in [-0.39, 0.29) is 11.9 Å². The molecule has 1 amide bonds. The number of rotatable bonds is 8. The molecule has 0 aliphatic carbocycles. The number of ether oxygens (including phenoxy) is 1. The first-order valence-corrected chi connectivity index (χ1v) is 10.9. The zero-order valence-corrected chi connectivity index (χ0v) is 18.7. The lowest BCUT2D eigenvalue weighted by molar-refractivity contribution is -0.123. The molecule has 2 N–H and O–H groups in total. The van der Waals surface area contributed by atoms with Gasteiger partial charge >= 0.3 is 0 Å². The number of carbonyl (C=O) groups is 1. The maximum absolute atomic E-state index is 11.9.